The van der Waals surface area contributed by atoms with Gasteiger partial charge in [0.1, 0.15) is 5.82 Å². The van der Waals surface area contributed by atoms with Crippen LogP contribution in [-0.2, 0) is 4.79 Å². The van der Waals surface area contributed by atoms with Gasteiger partial charge in [-0.15, -0.1) is 0 Å². The van der Waals surface area contributed by atoms with E-state index >= 15 is 0 Å². The highest BCUT2D eigenvalue weighted by Gasteiger charge is 2.17. The fourth-order valence-electron chi connectivity index (χ4n) is 3.25. The van der Waals surface area contributed by atoms with E-state index in [4.69, 9.17) is 0 Å². The van der Waals surface area contributed by atoms with Gasteiger partial charge in [0.15, 0.2) is 0 Å². The number of amides is 1. The second-order valence-electron chi connectivity index (χ2n) is 6.99. The molecule has 6 nitrogen and oxygen atoms in total. The number of rotatable bonds is 5. The van der Waals surface area contributed by atoms with Crippen LogP contribution in [0.4, 0.5) is 5.82 Å². The van der Waals surface area contributed by atoms with Gasteiger partial charge in [0, 0.05) is 31.0 Å². The van der Waals surface area contributed by atoms with Crippen LogP contribution in [0.3, 0.4) is 0 Å². The molecule has 1 aliphatic heterocycles. The molecule has 0 saturated carbocycles. The van der Waals surface area contributed by atoms with Crippen molar-refractivity contribution in [1.82, 2.24) is 19.7 Å². The van der Waals surface area contributed by atoms with Gasteiger partial charge in [0.2, 0.25) is 5.91 Å². The minimum absolute atomic E-state index is 0.0369. The van der Waals surface area contributed by atoms with Crippen molar-refractivity contribution in [3.05, 3.63) is 78.3 Å². The van der Waals surface area contributed by atoms with Gasteiger partial charge in [-0.3, -0.25) is 9.69 Å². The Bertz CT molecular complexity index is 976. The second kappa shape index (κ2) is 8.19. The van der Waals surface area contributed by atoms with Crippen molar-refractivity contribution in [2.45, 2.75) is 13.3 Å². The van der Waals surface area contributed by atoms with Gasteiger partial charge in [-0.05, 0) is 42.7 Å². The molecule has 0 unspecified atom stereocenters. The van der Waals surface area contributed by atoms with Crippen LogP contribution >= 0.6 is 0 Å². The highest BCUT2D eigenvalue weighted by Crippen LogP contribution is 2.22. The molecule has 3 heterocycles. The third kappa shape index (κ3) is 4.35. The first kappa shape index (κ1) is 18.1. The van der Waals surface area contributed by atoms with E-state index in [1.807, 2.05) is 60.3 Å². The molecule has 0 fully saturated rings. The molecule has 3 aromatic rings. The van der Waals surface area contributed by atoms with Gasteiger partial charge in [0.25, 0.3) is 0 Å². The van der Waals surface area contributed by atoms with Gasteiger partial charge in [0.05, 0.1) is 18.4 Å². The van der Waals surface area contributed by atoms with E-state index in [1.54, 1.807) is 6.20 Å². The zero-order valence-corrected chi connectivity index (χ0v) is 15.9. The second-order valence-corrected chi connectivity index (χ2v) is 6.99. The summed E-state index contributed by atoms with van der Waals surface area (Å²) in [5.74, 6) is 0.558. The van der Waals surface area contributed by atoms with Crippen LogP contribution < -0.4 is 5.32 Å². The van der Waals surface area contributed by atoms with Gasteiger partial charge in [-0.25, -0.2) is 9.67 Å². The Morgan fingerprint density at radius 3 is 2.71 bits per heavy atom. The van der Waals surface area contributed by atoms with Crippen LogP contribution in [0.15, 0.2) is 67.1 Å². The number of hydrogen-bond acceptors (Lipinski definition) is 4. The summed E-state index contributed by atoms with van der Waals surface area (Å²) >= 11 is 0. The van der Waals surface area contributed by atoms with E-state index in [1.165, 1.54) is 5.57 Å². The molecule has 28 heavy (non-hydrogen) atoms. The summed E-state index contributed by atoms with van der Waals surface area (Å²) in [6.45, 7) is 3.93. The largest absolute Gasteiger partial charge is 0.310 e. The van der Waals surface area contributed by atoms with E-state index in [0.29, 0.717) is 12.4 Å². The van der Waals surface area contributed by atoms with E-state index in [0.717, 1.165) is 36.3 Å². The number of benzene rings is 1. The summed E-state index contributed by atoms with van der Waals surface area (Å²) < 4.78 is 1.89. The Balaban J connectivity index is 1.34. The van der Waals surface area contributed by atoms with Crippen molar-refractivity contribution in [1.29, 1.82) is 0 Å². The number of hydrogen-bond donors (Lipinski definition) is 1. The van der Waals surface area contributed by atoms with Gasteiger partial charge in [-0.1, -0.05) is 30.3 Å². The van der Waals surface area contributed by atoms with Crippen LogP contribution in [0.1, 0.15) is 17.5 Å². The number of aryl methyl sites for hydroxylation is 1. The smallest absolute Gasteiger partial charge is 0.239 e. The van der Waals surface area contributed by atoms with Crippen LogP contribution in [-0.4, -0.2) is 45.2 Å². The standard InChI is InChI=1S/C22H23N5O/c1-17-7-8-21(23-13-17)25-22(28)16-26-11-9-18(10-12-26)19-14-24-27(15-19)20-5-3-2-4-6-20/h2-9,13-15H,10-12,16H2,1H3,(H,23,25,28). The minimum atomic E-state index is -0.0369. The molecular formula is C22H23N5O. The lowest BCUT2D eigenvalue weighted by Gasteiger charge is -2.25. The summed E-state index contributed by atoms with van der Waals surface area (Å²) in [5, 5.41) is 7.33. The average molecular weight is 373 g/mol. The van der Waals surface area contributed by atoms with Crippen molar-refractivity contribution in [2.75, 3.05) is 25.0 Å². The molecule has 6 heteroatoms. The Kier molecular flexibility index (Phi) is 5.30. The molecule has 0 bridgehead atoms. The number of nitrogens with zero attached hydrogens (tertiary/aromatic N) is 4. The van der Waals surface area contributed by atoms with Crippen LogP contribution in [0, 0.1) is 6.92 Å². The number of anilines is 1. The lowest BCUT2D eigenvalue weighted by Crippen LogP contribution is -2.36. The van der Waals surface area contributed by atoms with Crippen molar-refractivity contribution < 1.29 is 4.79 Å². The van der Waals surface area contributed by atoms with Gasteiger partial charge >= 0.3 is 0 Å². The maximum atomic E-state index is 12.3. The number of nitrogens with one attached hydrogen (secondary N) is 1. The summed E-state index contributed by atoms with van der Waals surface area (Å²) in [4.78, 5) is 18.6. The van der Waals surface area contributed by atoms with E-state index in [-0.39, 0.29) is 5.91 Å². The monoisotopic (exact) mass is 373 g/mol. The van der Waals surface area contributed by atoms with Crippen LogP contribution in [0.5, 0.6) is 0 Å². The highest BCUT2D eigenvalue weighted by atomic mass is 16.2. The Morgan fingerprint density at radius 2 is 2.00 bits per heavy atom. The molecule has 0 spiro atoms. The summed E-state index contributed by atoms with van der Waals surface area (Å²) in [7, 11) is 0. The number of para-hydroxylation sites is 1. The molecule has 1 N–H and O–H groups in total. The molecule has 0 atom stereocenters. The van der Waals surface area contributed by atoms with Gasteiger partial charge in [-0.2, -0.15) is 5.10 Å². The molecule has 0 saturated heterocycles. The fourth-order valence-corrected chi connectivity index (χ4v) is 3.25. The van der Waals surface area contributed by atoms with Crippen molar-refractivity contribution in [2.24, 2.45) is 0 Å². The Labute approximate surface area is 164 Å². The van der Waals surface area contributed by atoms with Crippen molar-refractivity contribution >= 4 is 17.3 Å². The minimum Gasteiger partial charge on any atom is -0.310 e. The Morgan fingerprint density at radius 1 is 1.14 bits per heavy atom. The third-order valence-corrected chi connectivity index (χ3v) is 4.81. The molecule has 0 radical (unpaired) electrons. The first-order chi connectivity index (χ1) is 13.7. The van der Waals surface area contributed by atoms with Crippen molar-refractivity contribution in [3.63, 3.8) is 0 Å². The fraction of sp³-hybridized carbons (Fsp3) is 0.227. The molecule has 0 aliphatic carbocycles. The maximum Gasteiger partial charge on any atom is 0.239 e. The third-order valence-electron chi connectivity index (χ3n) is 4.81. The maximum absolute atomic E-state index is 12.3. The molecule has 2 aromatic heterocycles. The average Bonchev–Trinajstić information content (AvgIpc) is 3.21. The first-order valence-corrected chi connectivity index (χ1v) is 9.42. The molecule has 142 valence electrons. The summed E-state index contributed by atoms with van der Waals surface area (Å²) in [6, 6.07) is 13.8. The number of aromatic nitrogens is 3. The lowest BCUT2D eigenvalue weighted by atomic mass is 10.0. The van der Waals surface area contributed by atoms with Crippen LogP contribution in [0.2, 0.25) is 0 Å². The lowest BCUT2D eigenvalue weighted by molar-refractivity contribution is -0.117. The normalized spacial score (nSPS) is 14.5. The first-order valence-electron chi connectivity index (χ1n) is 9.42. The highest BCUT2D eigenvalue weighted by molar-refractivity contribution is 5.91. The van der Waals surface area contributed by atoms with E-state index in [9.17, 15) is 4.79 Å². The van der Waals surface area contributed by atoms with E-state index in [2.05, 4.69) is 32.6 Å². The zero-order chi connectivity index (χ0) is 19.3. The van der Waals surface area contributed by atoms with E-state index < -0.39 is 0 Å². The number of carbonyl (C=O) groups excluding carboxylic acids is 1. The predicted octanol–water partition coefficient (Wildman–Crippen LogP) is 3.30. The summed E-state index contributed by atoms with van der Waals surface area (Å²) in [6.07, 6.45) is 8.81. The SMILES string of the molecule is Cc1ccc(NC(=O)CN2CC=C(c3cnn(-c4ccccc4)c3)CC2)nc1. The molecular weight excluding hydrogens is 350 g/mol. The summed E-state index contributed by atoms with van der Waals surface area (Å²) in [5.41, 5.74) is 4.53. The molecule has 1 aliphatic rings. The Hall–Kier alpha value is -3.25. The molecule has 1 amide bonds. The van der Waals surface area contributed by atoms with Crippen LogP contribution in [0.25, 0.3) is 11.3 Å². The molecule has 1 aromatic carbocycles. The number of pyridine rings is 1. The molecule has 4 rings (SSSR count). The van der Waals surface area contributed by atoms with Crippen molar-refractivity contribution in [3.8, 4) is 5.69 Å². The number of carbonyl (C=O) groups is 1. The van der Waals surface area contributed by atoms with Gasteiger partial charge < -0.3 is 5.32 Å². The zero-order valence-electron chi connectivity index (χ0n) is 15.9. The topological polar surface area (TPSA) is 63.1 Å². The quantitative estimate of drug-likeness (QED) is 0.745. The predicted molar refractivity (Wildman–Crippen MR) is 110 cm³/mol.